The summed E-state index contributed by atoms with van der Waals surface area (Å²) in [6.45, 7) is 4.72. The molecule has 1 aromatic heterocycles. The fourth-order valence-electron chi connectivity index (χ4n) is 3.46. The van der Waals surface area contributed by atoms with E-state index < -0.39 is 10.0 Å². The lowest BCUT2D eigenvalue weighted by Gasteiger charge is -2.33. The first kappa shape index (κ1) is 22.6. The standard InChI is InChI=1S/C21H29N3O4S2/c1-17-6-3-4-13-24(17)14-12-22-20(25)16-28-19-10-8-18(9-11-19)23(2)30(26,27)21-7-5-15-29-21/h5,7-11,15,17H,3-4,6,12-14,16H2,1-2H3,(H,22,25). The second kappa shape index (κ2) is 10.3. The third kappa shape index (κ3) is 5.74. The monoisotopic (exact) mass is 451 g/mol. The van der Waals surface area contributed by atoms with Crippen molar-refractivity contribution in [1.82, 2.24) is 10.2 Å². The van der Waals surface area contributed by atoms with Gasteiger partial charge in [0.2, 0.25) is 0 Å². The lowest BCUT2D eigenvalue weighted by Crippen LogP contribution is -2.43. The van der Waals surface area contributed by atoms with Crippen molar-refractivity contribution in [3.05, 3.63) is 41.8 Å². The van der Waals surface area contributed by atoms with Gasteiger partial charge in [-0.15, -0.1) is 11.3 Å². The first-order valence-corrected chi connectivity index (χ1v) is 12.5. The van der Waals surface area contributed by atoms with E-state index in [-0.39, 0.29) is 12.5 Å². The maximum absolute atomic E-state index is 12.6. The highest BCUT2D eigenvalue weighted by Crippen LogP contribution is 2.26. The van der Waals surface area contributed by atoms with Gasteiger partial charge in [-0.3, -0.25) is 14.0 Å². The number of likely N-dealkylation sites (tertiary alicyclic amines) is 1. The third-order valence-corrected chi connectivity index (χ3v) is 8.50. The normalized spacial score (nSPS) is 17.5. The smallest absolute Gasteiger partial charge is 0.273 e. The predicted molar refractivity (Wildman–Crippen MR) is 120 cm³/mol. The Morgan fingerprint density at radius 1 is 1.27 bits per heavy atom. The molecular formula is C21H29N3O4S2. The number of carbonyl (C=O) groups excluding carboxylic acids is 1. The van der Waals surface area contributed by atoms with Gasteiger partial charge in [0.15, 0.2) is 6.61 Å². The summed E-state index contributed by atoms with van der Waals surface area (Å²) in [5, 5.41) is 4.63. The van der Waals surface area contributed by atoms with E-state index in [4.69, 9.17) is 4.74 Å². The number of ether oxygens (including phenoxy) is 1. The zero-order valence-electron chi connectivity index (χ0n) is 17.4. The van der Waals surface area contributed by atoms with Crippen LogP contribution >= 0.6 is 11.3 Å². The van der Waals surface area contributed by atoms with Crippen LogP contribution in [0.4, 0.5) is 5.69 Å². The Bertz CT molecular complexity index is 914. The van der Waals surface area contributed by atoms with E-state index in [0.717, 1.165) is 13.1 Å². The molecule has 0 saturated carbocycles. The summed E-state index contributed by atoms with van der Waals surface area (Å²) in [5.74, 6) is 0.349. The van der Waals surface area contributed by atoms with Crippen LogP contribution < -0.4 is 14.4 Å². The molecule has 0 spiro atoms. The number of piperidine rings is 1. The number of hydrogen-bond acceptors (Lipinski definition) is 6. The van der Waals surface area contributed by atoms with E-state index in [2.05, 4.69) is 17.1 Å². The van der Waals surface area contributed by atoms with Gasteiger partial charge in [-0.2, -0.15) is 0 Å². The molecule has 1 amide bonds. The maximum Gasteiger partial charge on any atom is 0.273 e. The van der Waals surface area contributed by atoms with Gasteiger partial charge in [-0.05, 0) is 62.0 Å². The highest BCUT2D eigenvalue weighted by Gasteiger charge is 2.22. The lowest BCUT2D eigenvalue weighted by atomic mass is 10.0. The minimum absolute atomic E-state index is 0.0712. The Morgan fingerprint density at radius 2 is 2.03 bits per heavy atom. The van der Waals surface area contributed by atoms with Crippen LogP contribution in [0.15, 0.2) is 46.0 Å². The van der Waals surface area contributed by atoms with E-state index in [1.165, 1.54) is 42.0 Å². The molecule has 9 heteroatoms. The van der Waals surface area contributed by atoms with Gasteiger partial charge in [0.25, 0.3) is 15.9 Å². The van der Waals surface area contributed by atoms with Crippen LogP contribution in [-0.4, -0.2) is 58.6 Å². The van der Waals surface area contributed by atoms with E-state index in [9.17, 15) is 13.2 Å². The van der Waals surface area contributed by atoms with Gasteiger partial charge >= 0.3 is 0 Å². The van der Waals surface area contributed by atoms with E-state index in [1.54, 1.807) is 41.8 Å². The third-order valence-electron chi connectivity index (χ3n) is 5.34. The molecule has 1 fully saturated rings. The zero-order valence-corrected chi connectivity index (χ0v) is 19.0. The fraction of sp³-hybridized carbons (Fsp3) is 0.476. The number of nitrogens with one attached hydrogen (secondary N) is 1. The zero-order chi connectivity index (χ0) is 21.6. The maximum atomic E-state index is 12.6. The van der Waals surface area contributed by atoms with Gasteiger partial charge in [0.1, 0.15) is 9.96 Å². The molecule has 1 N–H and O–H groups in total. The minimum Gasteiger partial charge on any atom is -0.484 e. The molecule has 0 bridgehead atoms. The SMILES string of the molecule is CC1CCCCN1CCNC(=O)COc1ccc(N(C)S(=O)(=O)c2cccs2)cc1. The highest BCUT2D eigenvalue weighted by atomic mass is 32.2. The van der Waals surface area contributed by atoms with Gasteiger partial charge < -0.3 is 10.1 Å². The molecule has 1 aliphatic rings. The van der Waals surface area contributed by atoms with Crippen molar-refractivity contribution in [2.75, 3.05) is 37.6 Å². The molecule has 1 saturated heterocycles. The molecule has 1 aliphatic heterocycles. The Labute approximate surface area is 182 Å². The Morgan fingerprint density at radius 3 is 2.70 bits per heavy atom. The summed E-state index contributed by atoms with van der Waals surface area (Å²) in [5.41, 5.74) is 0.524. The molecular weight excluding hydrogens is 422 g/mol. The Balaban J connectivity index is 1.44. The molecule has 1 atom stereocenters. The lowest BCUT2D eigenvalue weighted by molar-refractivity contribution is -0.123. The van der Waals surface area contributed by atoms with Crippen LogP contribution in [0.2, 0.25) is 0 Å². The summed E-state index contributed by atoms with van der Waals surface area (Å²) in [6, 6.07) is 10.5. The number of sulfonamides is 1. The Kier molecular flexibility index (Phi) is 7.74. The van der Waals surface area contributed by atoms with Crippen molar-refractivity contribution in [3.8, 4) is 5.75 Å². The first-order chi connectivity index (χ1) is 14.4. The number of nitrogens with zero attached hydrogens (tertiary/aromatic N) is 2. The highest BCUT2D eigenvalue weighted by molar-refractivity contribution is 7.94. The molecule has 0 radical (unpaired) electrons. The molecule has 2 aromatic rings. The van der Waals surface area contributed by atoms with Crippen LogP contribution in [-0.2, 0) is 14.8 Å². The average Bonchev–Trinajstić information content (AvgIpc) is 3.29. The second-order valence-electron chi connectivity index (χ2n) is 7.42. The van der Waals surface area contributed by atoms with E-state index >= 15 is 0 Å². The number of anilines is 1. The molecule has 7 nitrogen and oxygen atoms in total. The van der Waals surface area contributed by atoms with Crippen molar-refractivity contribution in [2.24, 2.45) is 0 Å². The molecule has 164 valence electrons. The van der Waals surface area contributed by atoms with E-state index in [0.29, 0.717) is 28.2 Å². The molecule has 30 heavy (non-hydrogen) atoms. The van der Waals surface area contributed by atoms with Gasteiger partial charge in [-0.1, -0.05) is 12.5 Å². The van der Waals surface area contributed by atoms with E-state index in [1.807, 2.05) is 0 Å². The van der Waals surface area contributed by atoms with Crippen LogP contribution in [0.1, 0.15) is 26.2 Å². The van der Waals surface area contributed by atoms with Crippen molar-refractivity contribution < 1.29 is 17.9 Å². The molecule has 1 aromatic carbocycles. The largest absolute Gasteiger partial charge is 0.484 e. The number of carbonyl (C=O) groups is 1. The topological polar surface area (TPSA) is 79.0 Å². The van der Waals surface area contributed by atoms with Crippen LogP contribution in [0.25, 0.3) is 0 Å². The fourth-order valence-corrected chi connectivity index (χ4v) is 5.82. The molecule has 2 heterocycles. The van der Waals surface area contributed by atoms with Gasteiger partial charge in [-0.25, -0.2) is 8.42 Å². The average molecular weight is 452 g/mol. The van der Waals surface area contributed by atoms with Crippen molar-refractivity contribution in [3.63, 3.8) is 0 Å². The number of rotatable bonds is 9. The first-order valence-electron chi connectivity index (χ1n) is 10.1. The number of thiophene rings is 1. The summed E-state index contributed by atoms with van der Waals surface area (Å²) >= 11 is 1.18. The number of benzene rings is 1. The summed E-state index contributed by atoms with van der Waals surface area (Å²) in [4.78, 5) is 14.4. The predicted octanol–water partition coefficient (Wildman–Crippen LogP) is 2.94. The quantitative estimate of drug-likeness (QED) is 0.634. The summed E-state index contributed by atoms with van der Waals surface area (Å²) in [7, 11) is -2.05. The van der Waals surface area contributed by atoms with Gasteiger partial charge in [0.05, 0.1) is 5.69 Å². The van der Waals surface area contributed by atoms with Crippen molar-refractivity contribution in [2.45, 2.75) is 36.4 Å². The number of amides is 1. The summed E-state index contributed by atoms with van der Waals surface area (Å²) in [6.07, 6.45) is 3.73. The molecule has 0 aliphatic carbocycles. The molecule has 1 unspecified atom stereocenters. The number of hydrogen-bond donors (Lipinski definition) is 1. The second-order valence-corrected chi connectivity index (χ2v) is 10.6. The summed E-state index contributed by atoms with van der Waals surface area (Å²) < 4.78 is 32.2. The minimum atomic E-state index is -3.57. The van der Waals surface area contributed by atoms with Crippen molar-refractivity contribution in [1.29, 1.82) is 0 Å². The van der Waals surface area contributed by atoms with Crippen LogP contribution in [0, 0.1) is 0 Å². The van der Waals surface area contributed by atoms with Crippen LogP contribution in [0.3, 0.4) is 0 Å². The molecule has 3 rings (SSSR count). The van der Waals surface area contributed by atoms with Crippen LogP contribution in [0.5, 0.6) is 5.75 Å². The van der Waals surface area contributed by atoms with Crippen molar-refractivity contribution >= 4 is 33.0 Å². The van der Waals surface area contributed by atoms with Gasteiger partial charge in [0, 0.05) is 26.2 Å². The Hall–Kier alpha value is -2.10.